The fourth-order valence-corrected chi connectivity index (χ4v) is 2.72. The quantitative estimate of drug-likeness (QED) is 0.628. The molecule has 19 heavy (non-hydrogen) atoms. The van der Waals surface area contributed by atoms with Crippen molar-refractivity contribution < 1.29 is 8.42 Å². The van der Waals surface area contributed by atoms with Gasteiger partial charge in [0.05, 0.1) is 5.75 Å². The molecule has 2 N–H and O–H groups in total. The van der Waals surface area contributed by atoms with Gasteiger partial charge < -0.3 is 5.32 Å². The van der Waals surface area contributed by atoms with Crippen LogP contribution in [0.2, 0.25) is 0 Å². The van der Waals surface area contributed by atoms with Crippen LogP contribution in [0, 0.1) is 0 Å². The van der Waals surface area contributed by atoms with E-state index < -0.39 is 10.0 Å². The summed E-state index contributed by atoms with van der Waals surface area (Å²) in [5.41, 5.74) is 0.898. The first-order valence-corrected chi connectivity index (χ1v) is 8.37. The van der Waals surface area contributed by atoms with Crippen molar-refractivity contribution in [3.8, 4) is 0 Å². The number of rotatable bonds is 10. The summed E-state index contributed by atoms with van der Waals surface area (Å²) in [4.78, 5) is 4.15. The van der Waals surface area contributed by atoms with Crippen molar-refractivity contribution in [1.29, 1.82) is 0 Å². The summed E-state index contributed by atoms with van der Waals surface area (Å²) in [5, 5.41) is 3.19. The third-order valence-corrected chi connectivity index (χ3v) is 4.09. The average Bonchev–Trinajstić information content (AvgIpc) is 2.39. The van der Waals surface area contributed by atoms with Crippen LogP contribution in [0.25, 0.3) is 0 Å². The summed E-state index contributed by atoms with van der Waals surface area (Å²) in [5.74, 6) is 0.173. The minimum Gasteiger partial charge on any atom is -0.317 e. The van der Waals surface area contributed by atoms with E-state index in [1.165, 1.54) is 0 Å². The normalized spacial score (nSPS) is 11.6. The second-order valence-corrected chi connectivity index (χ2v) is 6.31. The Balaban J connectivity index is 2.16. The minimum atomic E-state index is -3.16. The monoisotopic (exact) mass is 285 g/mol. The molecule has 1 heterocycles. The van der Waals surface area contributed by atoms with Gasteiger partial charge in [-0.15, -0.1) is 0 Å². The van der Waals surface area contributed by atoms with Gasteiger partial charge in [-0.2, -0.15) is 0 Å². The summed E-state index contributed by atoms with van der Waals surface area (Å²) < 4.78 is 26.0. The van der Waals surface area contributed by atoms with Gasteiger partial charge in [-0.1, -0.05) is 13.0 Å². The molecule has 1 rings (SSSR count). The smallest absolute Gasteiger partial charge is 0.211 e. The van der Waals surface area contributed by atoms with Crippen LogP contribution in [0.3, 0.4) is 0 Å². The van der Waals surface area contributed by atoms with Gasteiger partial charge in [-0.05, 0) is 38.1 Å². The van der Waals surface area contributed by atoms with E-state index in [0.29, 0.717) is 19.4 Å². The number of pyridine rings is 1. The molecule has 0 unspecified atom stereocenters. The fourth-order valence-electron chi connectivity index (χ4n) is 1.64. The Morgan fingerprint density at radius 1 is 1.21 bits per heavy atom. The van der Waals surface area contributed by atoms with Crippen molar-refractivity contribution in [2.75, 3.05) is 25.4 Å². The van der Waals surface area contributed by atoms with Crippen molar-refractivity contribution >= 4 is 10.0 Å². The zero-order valence-electron chi connectivity index (χ0n) is 11.4. The molecular weight excluding hydrogens is 262 g/mol. The van der Waals surface area contributed by atoms with Gasteiger partial charge in [0.15, 0.2) is 0 Å². The van der Waals surface area contributed by atoms with E-state index in [1.54, 1.807) is 6.20 Å². The fraction of sp³-hybridized carbons (Fsp3) is 0.615. The van der Waals surface area contributed by atoms with Crippen LogP contribution in [-0.4, -0.2) is 38.8 Å². The molecule has 0 aliphatic carbocycles. The highest BCUT2D eigenvalue weighted by atomic mass is 32.2. The molecule has 0 aromatic carbocycles. The highest BCUT2D eigenvalue weighted by Gasteiger charge is 2.08. The standard InChI is InChI=1S/C13H23N3O2S/c1-2-8-14-9-5-12-19(17,18)16-11-7-13-6-3-4-10-15-13/h3-4,6,10,14,16H,2,5,7-9,11-12H2,1H3. The predicted octanol–water partition coefficient (Wildman–Crippen LogP) is 0.933. The molecule has 5 nitrogen and oxygen atoms in total. The molecule has 1 aromatic rings. The zero-order chi connectivity index (χ0) is 14.0. The van der Waals surface area contributed by atoms with E-state index in [0.717, 1.165) is 25.2 Å². The summed E-state index contributed by atoms with van der Waals surface area (Å²) in [6.45, 7) is 4.17. The first-order chi connectivity index (χ1) is 9.14. The highest BCUT2D eigenvalue weighted by Crippen LogP contribution is 1.95. The molecule has 0 atom stereocenters. The molecule has 0 saturated heterocycles. The number of nitrogens with one attached hydrogen (secondary N) is 2. The Morgan fingerprint density at radius 2 is 2.05 bits per heavy atom. The number of hydrogen-bond acceptors (Lipinski definition) is 4. The lowest BCUT2D eigenvalue weighted by atomic mass is 10.3. The maximum atomic E-state index is 11.7. The second kappa shape index (κ2) is 9.01. The van der Waals surface area contributed by atoms with Gasteiger partial charge >= 0.3 is 0 Å². The SMILES string of the molecule is CCCNCCCS(=O)(=O)NCCc1ccccn1. The first-order valence-electron chi connectivity index (χ1n) is 6.72. The molecule has 6 heteroatoms. The lowest BCUT2D eigenvalue weighted by Gasteiger charge is -2.07. The Kier molecular flexibility index (Phi) is 7.62. The minimum absolute atomic E-state index is 0.173. The average molecular weight is 285 g/mol. The van der Waals surface area contributed by atoms with Gasteiger partial charge in [-0.25, -0.2) is 13.1 Å². The molecule has 108 valence electrons. The van der Waals surface area contributed by atoms with Gasteiger partial charge in [0.2, 0.25) is 10.0 Å². The Hall–Kier alpha value is -0.980. The maximum Gasteiger partial charge on any atom is 0.211 e. The molecule has 1 aromatic heterocycles. The summed E-state index contributed by atoms with van der Waals surface area (Å²) in [7, 11) is -3.16. The topological polar surface area (TPSA) is 71.1 Å². The summed E-state index contributed by atoms with van der Waals surface area (Å²) >= 11 is 0. The summed E-state index contributed by atoms with van der Waals surface area (Å²) in [6, 6.07) is 5.64. The van der Waals surface area contributed by atoms with Crippen molar-refractivity contribution in [3.63, 3.8) is 0 Å². The molecule has 0 fully saturated rings. The van der Waals surface area contributed by atoms with Crippen LogP contribution in [0.5, 0.6) is 0 Å². The van der Waals surface area contributed by atoms with Crippen molar-refractivity contribution in [1.82, 2.24) is 15.0 Å². The first kappa shape index (κ1) is 16.1. The third kappa shape index (κ3) is 7.92. The van der Waals surface area contributed by atoms with Crippen molar-refractivity contribution in [2.24, 2.45) is 0 Å². The summed E-state index contributed by atoms with van der Waals surface area (Å²) in [6.07, 6.45) is 4.03. The van der Waals surface area contributed by atoms with Crippen LogP contribution < -0.4 is 10.0 Å². The lowest BCUT2D eigenvalue weighted by molar-refractivity contribution is 0.574. The molecule has 0 amide bonds. The van der Waals surface area contributed by atoms with Gasteiger partial charge in [0.1, 0.15) is 0 Å². The van der Waals surface area contributed by atoms with Crippen molar-refractivity contribution in [3.05, 3.63) is 30.1 Å². The van der Waals surface area contributed by atoms with E-state index in [9.17, 15) is 8.42 Å². The van der Waals surface area contributed by atoms with Crippen LogP contribution in [0.4, 0.5) is 0 Å². The Bertz CT molecular complexity index is 434. The second-order valence-electron chi connectivity index (χ2n) is 4.39. The molecule has 0 spiro atoms. The van der Waals surface area contributed by atoms with Crippen LogP contribution >= 0.6 is 0 Å². The number of hydrogen-bond donors (Lipinski definition) is 2. The lowest BCUT2D eigenvalue weighted by Crippen LogP contribution is -2.30. The third-order valence-electron chi connectivity index (χ3n) is 2.62. The number of sulfonamides is 1. The Labute approximate surface area is 115 Å². The zero-order valence-corrected chi connectivity index (χ0v) is 12.2. The highest BCUT2D eigenvalue weighted by molar-refractivity contribution is 7.89. The van der Waals surface area contributed by atoms with E-state index in [1.807, 2.05) is 18.2 Å². The molecular formula is C13H23N3O2S. The van der Waals surface area contributed by atoms with E-state index in [2.05, 4.69) is 21.9 Å². The van der Waals surface area contributed by atoms with Gasteiger partial charge in [0.25, 0.3) is 0 Å². The van der Waals surface area contributed by atoms with Crippen LogP contribution in [-0.2, 0) is 16.4 Å². The maximum absolute atomic E-state index is 11.7. The van der Waals surface area contributed by atoms with E-state index >= 15 is 0 Å². The molecule has 0 aliphatic heterocycles. The van der Waals surface area contributed by atoms with Crippen LogP contribution in [0.1, 0.15) is 25.5 Å². The van der Waals surface area contributed by atoms with Crippen molar-refractivity contribution in [2.45, 2.75) is 26.2 Å². The van der Waals surface area contributed by atoms with Gasteiger partial charge in [-0.3, -0.25) is 4.98 Å². The van der Waals surface area contributed by atoms with E-state index in [4.69, 9.17) is 0 Å². The molecule has 0 saturated carbocycles. The number of nitrogens with zero attached hydrogens (tertiary/aromatic N) is 1. The predicted molar refractivity (Wildman–Crippen MR) is 77.5 cm³/mol. The Morgan fingerprint density at radius 3 is 2.74 bits per heavy atom. The van der Waals surface area contributed by atoms with Crippen LogP contribution in [0.15, 0.2) is 24.4 Å². The van der Waals surface area contributed by atoms with E-state index in [-0.39, 0.29) is 5.75 Å². The number of aromatic nitrogens is 1. The molecule has 0 aliphatic rings. The molecule has 0 radical (unpaired) electrons. The largest absolute Gasteiger partial charge is 0.317 e. The van der Waals surface area contributed by atoms with Gasteiger partial charge in [0, 0.05) is 24.9 Å². The molecule has 0 bridgehead atoms.